The van der Waals surface area contributed by atoms with Gasteiger partial charge < -0.3 is 30.6 Å². The van der Waals surface area contributed by atoms with Crippen molar-refractivity contribution in [2.24, 2.45) is 5.41 Å². The standard InChI is InChI=1S/C10H20O6S2/c11-1-6(13)8(15)10(3-17-5-18-4-10)9(16)7(14)2-12/h6-9,11-16H,1-5H2. The van der Waals surface area contributed by atoms with Gasteiger partial charge in [0.25, 0.3) is 0 Å². The lowest BCUT2D eigenvalue weighted by Gasteiger charge is -2.46. The van der Waals surface area contributed by atoms with E-state index in [1.165, 1.54) is 23.5 Å². The fourth-order valence-electron chi connectivity index (χ4n) is 2.05. The first kappa shape index (κ1) is 16.5. The number of aliphatic hydroxyl groups excluding tert-OH is 6. The van der Waals surface area contributed by atoms with Gasteiger partial charge in [-0.15, -0.1) is 0 Å². The number of thioether (sulfide) groups is 2. The monoisotopic (exact) mass is 300 g/mol. The third kappa shape index (κ3) is 3.31. The molecule has 0 aliphatic carbocycles. The van der Waals surface area contributed by atoms with Crippen LogP contribution in [-0.4, -0.2) is 84.9 Å². The highest BCUT2D eigenvalue weighted by atomic mass is 32.2. The molecular formula is C10H20O6S2. The SMILES string of the molecule is OCC(O)C(O)C1(C(O)C(O)CO)CSCSC1. The van der Waals surface area contributed by atoms with Crippen LogP contribution in [0, 0.1) is 5.41 Å². The average Bonchev–Trinajstić information content (AvgIpc) is 2.44. The molecule has 0 spiro atoms. The van der Waals surface area contributed by atoms with E-state index in [0.29, 0.717) is 11.5 Å². The van der Waals surface area contributed by atoms with Crippen LogP contribution in [0.3, 0.4) is 0 Å². The summed E-state index contributed by atoms with van der Waals surface area (Å²) in [7, 11) is 0. The van der Waals surface area contributed by atoms with E-state index in [0.717, 1.165) is 5.08 Å². The van der Waals surface area contributed by atoms with E-state index in [4.69, 9.17) is 10.2 Å². The summed E-state index contributed by atoms with van der Waals surface area (Å²) in [5, 5.41) is 58.0. The quantitative estimate of drug-likeness (QED) is 0.328. The summed E-state index contributed by atoms with van der Waals surface area (Å²) >= 11 is 2.94. The minimum atomic E-state index is -1.38. The van der Waals surface area contributed by atoms with E-state index in [-0.39, 0.29) is 0 Å². The van der Waals surface area contributed by atoms with E-state index in [2.05, 4.69) is 0 Å². The van der Waals surface area contributed by atoms with E-state index < -0.39 is 43.0 Å². The Hall–Kier alpha value is 0.460. The lowest BCUT2D eigenvalue weighted by atomic mass is 9.76. The third-order valence-electron chi connectivity index (χ3n) is 3.19. The van der Waals surface area contributed by atoms with Crippen molar-refractivity contribution in [3.63, 3.8) is 0 Å². The van der Waals surface area contributed by atoms with Crippen LogP contribution in [0.1, 0.15) is 0 Å². The van der Waals surface area contributed by atoms with Crippen molar-refractivity contribution < 1.29 is 30.6 Å². The summed E-state index contributed by atoms with van der Waals surface area (Å²) in [4.78, 5) is 0. The lowest BCUT2D eigenvalue weighted by molar-refractivity contribution is -0.144. The van der Waals surface area contributed by atoms with Gasteiger partial charge >= 0.3 is 0 Å². The van der Waals surface area contributed by atoms with Crippen LogP contribution < -0.4 is 0 Å². The molecule has 8 heteroatoms. The van der Waals surface area contributed by atoms with Gasteiger partial charge in [0.05, 0.1) is 25.4 Å². The van der Waals surface area contributed by atoms with Crippen LogP contribution >= 0.6 is 23.5 Å². The van der Waals surface area contributed by atoms with Crippen molar-refractivity contribution in [2.75, 3.05) is 29.8 Å². The molecule has 0 saturated carbocycles. The number of hydrogen-bond donors (Lipinski definition) is 6. The normalized spacial score (nSPS) is 26.3. The molecule has 0 aromatic heterocycles. The molecule has 18 heavy (non-hydrogen) atoms. The van der Waals surface area contributed by atoms with Gasteiger partial charge in [0, 0.05) is 22.0 Å². The van der Waals surface area contributed by atoms with Crippen molar-refractivity contribution in [3.8, 4) is 0 Å². The molecule has 1 fully saturated rings. The van der Waals surface area contributed by atoms with Gasteiger partial charge in [0.15, 0.2) is 0 Å². The van der Waals surface area contributed by atoms with Gasteiger partial charge in [-0.3, -0.25) is 0 Å². The summed E-state index contributed by atoms with van der Waals surface area (Å²) in [5.41, 5.74) is -1.14. The Balaban J connectivity index is 2.93. The molecule has 0 aromatic rings. The Kier molecular flexibility index (Phi) is 6.70. The fourth-order valence-corrected chi connectivity index (χ4v) is 4.96. The van der Waals surface area contributed by atoms with Crippen molar-refractivity contribution in [3.05, 3.63) is 0 Å². The Labute approximate surface area is 114 Å². The molecule has 108 valence electrons. The second kappa shape index (κ2) is 7.30. The third-order valence-corrected chi connectivity index (χ3v) is 6.01. The van der Waals surface area contributed by atoms with Gasteiger partial charge in [-0.2, -0.15) is 23.5 Å². The molecule has 1 rings (SSSR count). The van der Waals surface area contributed by atoms with Crippen molar-refractivity contribution in [1.29, 1.82) is 0 Å². The van der Waals surface area contributed by atoms with Crippen LogP contribution in [0.2, 0.25) is 0 Å². The maximum Gasteiger partial charge on any atom is 0.104 e. The molecule has 0 amide bonds. The van der Waals surface area contributed by atoms with Gasteiger partial charge in [0.1, 0.15) is 12.2 Å². The Morgan fingerprint density at radius 2 is 1.22 bits per heavy atom. The maximum atomic E-state index is 10.1. The van der Waals surface area contributed by atoms with Crippen molar-refractivity contribution in [2.45, 2.75) is 24.4 Å². The second-order valence-corrected chi connectivity index (χ2v) is 6.77. The molecule has 0 radical (unpaired) electrons. The molecule has 6 N–H and O–H groups in total. The largest absolute Gasteiger partial charge is 0.394 e. The zero-order chi connectivity index (χ0) is 13.8. The highest BCUT2D eigenvalue weighted by molar-refractivity contribution is 8.16. The van der Waals surface area contributed by atoms with E-state index >= 15 is 0 Å². The molecule has 1 aliphatic rings. The summed E-state index contributed by atoms with van der Waals surface area (Å²) in [5.74, 6) is 0.687. The highest BCUT2D eigenvalue weighted by Crippen LogP contribution is 2.42. The lowest BCUT2D eigenvalue weighted by Crippen LogP contribution is -2.59. The van der Waals surface area contributed by atoms with Crippen LogP contribution in [0.4, 0.5) is 0 Å². The first-order valence-corrected chi connectivity index (χ1v) is 7.90. The predicted octanol–water partition coefficient (Wildman–Crippen LogP) is -2.16. The summed E-state index contributed by atoms with van der Waals surface area (Å²) in [6.45, 7) is -1.25. The molecule has 4 atom stereocenters. The molecule has 6 nitrogen and oxygen atoms in total. The van der Waals surface area contributed by atoms with Crippen LogP contribution in [-0.2, 0) is 0 Å². The highest BCUT2D eigenvalue weighted by Gasteiger charge is 2.50. The summed E-state index contributed by atoms with van der Waals surface area (Å²) < 4.78 is 0. The van der Waals surface area contributed by atoms with Gasteiger partial charge in [-0.1, -0.05) is 0 Å². The van der Waals surface area contributed by atoms with E-state index in [1.54, 1.807) is 0 Å². The minimum Gasteiger partial charge on any atom is -0.394 e. The van der Waals surface area contributed by atoms with E-state index in [9.17, 15) is 20.4 Å². The first-order valence-electron chi connectivity index (χ1n) is 5.59. The Morgan fingerprint density at radius 3 is 1.56 bits per heavy atom. The number of rotatable bonds is 6. The molecule has 1 saturated heterocycles. The van der Waals surface area contributed by atoms with Crippen molar-refractivity contribution >= 4 is 23.5 Å². The molecular weight excluding hydrogens is 280 g/mol. The van der Waals surface area contributed by atoms with Crippen LogP contribution in [0.5, 0.6) is 0 Å². The van der Waals surface area contributed by atoms with E-state index in [1.807, 2.05) is 0 Å². The molecule has 0 bridgehead atoms. The summed E-state index contributed by atoms with van der Waals surface area (Å²) in [6.07, 6.45) is -5.49. The topological polar surface area (TPSA) is 121 Å². The molecule has 1 heterocycles. The smallest absolute Gasteiger partial charge is 0.104 e. The number of aliphatic hydroxyl groups is 6. The van der Waals surface area contributed by atoms with Gasteiger partial charge in [-0.05, 0) is 0 Å². The fraction of sp³-hybridized carbons (Fsp3) is 1.00. The molecule has 4 unspecified atom stereocenters. The molecule has 0 aromatic carbocycles. The van der Waals surface area contributed by atoms with Gasteiger partial charge in [-0.25, -0.2) is 0 Å². The minimum absolute atomic E-state index is 0.344. The number of hydrogen-bond acceptors (Lipinski definition) is 8. The second-order valence-electron chi connectivity index (χ2n) is 4.44. The van der Waals surface area contributed by atoms with Gasteiger partial charge in [0.2, 0.25) is 0 Å². The van der Waals surface area contributed by atoms with Crippen LogP contribution in [0.25, 0.3) is 0 Å². The predicted molar refractivity (Wildman–Crippen MR) is 70.4 cm³/mol. The zero-order valence-corrected chi connectivity index (χ0v) is 11.5. The van der Waals surface area contributed by atoms with Crippen molar-refractivity contribution in [1.82, 2.24) is 0 Å². The zero-order valence-electron chi connectivity index (χ0n) is 9.84. The van der Waals surface area contributed by atoms with Crippen LogP contribution in [0.15, 0.2) is 0 Å². The maximum absolute atomic E-state index is 10.1. The Morgan fingerprint density at radius 1 is 0.833 bits per heavy atom. The summed E-state index contributed by atoms with van der Waals surface area (Å²) in [6, 6.07) is 0. The average molecular weight is 300 g/mol. The molecule has 1 aliphatic heterocycles. The first-order chi connectivity index (χ1) is 8.49. The Bertz CT molecular complexity index is 231.